The van der Waals surface area contributed by atoms with Crippen molar-refractivity contribution in [2.75, 3.05) is 18.0 Å². The van der Waals surface area contributed by atoms with Crippen molar-refractivity contribution in [3.63, 3.8) is 0 Å². The van der Waals surface area contributed by atoms with Gasteiger partial charge in [-0.2, -0.15) is 0 Å². The molecule has 1 unspecified atom stereocenters. The summed E-state index contributed by atoms with van der Waals surface area (Å²) in [6.45, 7) is 2.00. The lowest BCUT2D eigenvalue weighted by Gasteiger charge is -2.32. The minimum Gasteiger partial charge on any atom is -0.369 e. The number of hydrogen-bond donors (Lipinski definition) is 2. The zero-order chi connectivity index (χ0) is 14.2. The van der Waals surface area contributed by atoms with Crippen molar-refractivity contribution in [3.05, 3.63) is 35.8 Å². The van der Waals surface area contributed by atoms with Gasteiger partial charge in [0.1, 0.15) is 5.65 Å². The number of aromatic nitrogens is 2. The van der Waals surface area contributed by atoms with Crippen molar-refractivity contribution in [1.82, 2.24) is 9.97 Å². The minimum atomic E-state index is 0.276. The summed E-state index contributed by atoms with van der Waals surface area (Å²) in [4.78, 5) is 11.5. The van der Waals surface area contributed by atoms with Crippen molar-refractivity contribution in [3.8, 4) is 10.6 Å². The normalized spacial score (nSPS) is 19.3. The largest absolute Gasteiger partial charge is 0.369 e. The van der Waals surface area contributed by atoms with Crippen LogP contribution in [0.4, 0.5) is 5.69 Å². The first-order chi connectivity index (χ1) is 10.3. The van der Waals surface area contributed by atoms with Crippen molar-refractivity contribution in [2.24, 2.45) is 5.73 Å². The van der Waals surface area contributed by atoms with E-state index in [-0.39, 0.29) is 6.04 Å². The molecule has 3 aromatic heterocycles. The van der Waals surface area contributed by atoms with Gasteiger partial charge >= 0.3 is 0 Å². The molecule has 0 aromatic carbocycles. The van der Waals surface area contributed by atoms with Gasteiger partial charge in [0.05, 0.1) is 10.6 Å². The van der Waals surface area contributed by atoms with Crippen LogP contribution < -0.4 is 10.6 Å². The van der Waals surface area contributed by atoms with E-state index in [0.29, 0.717) is 0 Å². The molecule has 0 radical (unpaired) electrons. The zero-order valence-electron chi connectivity index (χ0n) is 11.7. The first-order valence-corrected chi connectivity index (χ1v) is 8.21. The van der Waals surface area contributed by atoms with Crippen LogP contribution in [0.5, 0.6) is 0 Å². The predicted octanol–water partition coefficient (Wildman–Crippen LogP) is 3.22. The summed E-state index contributed by atoms with van der Waals surface area (Å²) in [5, 5.41) is 3.29. The van der Waals surface area contributed by atoms with E-state index in [1.165, 1.54) is 16.0 Å². The Bertz CT molecular complexity index is 747. The molecule has 1 aliphatic heterocycles. The molecule has 108 valence electrons. The number of rotatable bonds is 2. The van der Waals surface area contributed by atoms with E-state index in [2.05, 4.69) is 44.5 Å². The van der Waals surface area contributed by atoms with Gasteiger partial charge in [0.2, 0.25) is 0 Å². The molecule has 0 bridgehead atoms. The monoisotopic (exact) mass is 298 g/mol. The smallest absolute Gasteiger partial charge is 0.139 e. The molecule has 0 saturated carbocycles. The second-order valence-corrected chi connectivity index (χ2v) is 6.55. The lowest BCUT2D eigenvalue weighted by molar-refractivity contribution is 0.507. The number of thiophene rings is 1. The van der Waals surface area contributed by atoms with Crippen LogP contribution >= 0.6 is 11.3 Å². The third-order valence-corrected chi connectivity index (χ3v) is 5.00. The molecule has 4 rings (SSSR count). The Hall–Kier alpha value is -1.85. The highest BCUT2D eigenvalue weighted by molar-refractivity contribution is 7.13. The number of nitrogens with one attached hydrogen (secondary N) is 1. The van der Waals surface area contributed by atoms with Gasteiger partial charge in [-0.15, -0.1) is 11.3 Å². The number of nitrogens with zero attached hydrogens (tertiary/aromatic N) is 2. The molecule has 3 N–H and O–H groups in total. The molecule has 0 amide bonds. The maximum atomic E-state index is 6.13. The molecular weight excluding hydrogens is 280 g/mol. The van der Waals surface area contributed by atoms with E-state index in [0.717, 1.165) is 37.3 Å². The lowest BCUT2D eigenvalue weighted by atomic mass is 10.1. The molecule has 1 atom stereocenters. The fourth-order valence-electron chi connectivity index (χ4n) is 3.08. The van der Waals surface area contributed by atoms with Crippen LogP contribution in [0.15, 0.2) is 35.8 Å². The highest BCUT2D eigenvalue weighted by Gasteiger charge is 2.19. The third-order valence-electron chi connectivity index (χ3n) is 4.09. The van der Waals surface area contributed by atoms with Crippen LogP contribution in [-0.2, 0) is 0 Å². The fourth-order valence-corrected chi connectivity index (χ4v) is 3.78. The van der Waals surface area contributed by atoms with Crippen molar-refractivity contribution >= 4 is 28.1 Å². The topological polar surface area (TPSA) is 57.9 Å². The molecule has 3 aromatic rings. The van der Waals surface area contributed by atoms with Crippen LogP contribution in [0.1, 0.15) is 12.8 Å². The molecule has 5 heteroatoms. The van der Waals surface area contributed by atoms with Gasteiger partial charge < -0.3 is 15.6 Å². The summed E-state index contributed by atoms with van der Waals surface area (Å²) < 4.78 is 0. The summed E-state index contributed by atoms with van der Waals surface area (Å²) in [5.74, 6) is 0. The molecule has 1 aliphatic rings. The van der Waals surface area contributed by atoms with Crippen molar-refractivity contribution in [1.29, 1.82) is 0 Å². The maximum Gasteiger partial charge on any atom is 0.139 e. The van der Waals surface area contributed by atoms with E-state index in [9.17, 15) is 0 Å². The minimum absolute atomic E-state index is 0.276. The molecular formula is C16H18N4S. The van der Waals surface area contributed by atoms with Crippen LogP contribution in [0.3, 0.4) is 0 Å². The molecule has 4 nitrogen and oxygen atoms in total. The van der Waals surface area contributed by atoms with Gasteiger partial charge in [0.15, 0.2) is 0 Å². The summed E-state index contributed by atoms with van der Waals surface area (Å²) >= 11 is 1.74. The van der Waals surface area contributed by atoms with Crippen molar-refractivity contribution in [2.45, 2.75) is 18.9 Å². The van der Waals surface area contributed by atoms with Crippen LogP contribution in [0.2, 0.25) is 0 Å². The Morgan fingerprint density at radius 1 is 1.38 bits per heavy atom. The predicted molar refractivity (Wildman–Crippen MR) is 88.8 cm³/mol. The SMILES string of the molecule is NC1CCCN(c2ccnc3[nH]c(-c4cccs4)cc23)C1. The first-order valence-electron chi connectivity index (χ1n) is 7.33. The summed E-state index contributed by atoms with van der Waals surface area (Å²) in [7, 11) is 0. The van der Waals surface area contributed by atoms with Crippen LogP contribution in [0.25, 0.3) is 21.6 Å². The average molecular weight is 298 g/mol. The summed E-state index contributed by atoms with van der Waals surface area (Å²) in [6, 6.07) is 8.79. The third kappa shape index (κ3) is 2.32. The number of H-pyrrole nitrogens is 1. The Morgan fingerprint density at radius 2 is 2.33 bits per heavy atom. The second kappa shape index (κ2) is 5.16. The van der Waals surface area contributed by atoms with E-state index in [1.807, 2.05) is 6.20 Å². The Kier molecular flexibility index (Phi) is 3.16. The Morgan fingerprint density at radius 3 is 3.14 bits per heavy atom. The van der Waals surface area contributed by atoms with Gasteiger partial charge in [-0.05, 0) is 36.4 Å². The van der Waals surface area contributed by atoms with Crippen LogP contribution in [-0.4, -0.2) is 29.1 Å². The van der Waals surface area contributed by atoms with Crippen LogP contribution in [0, 0.1) is 0 Å². The number of hydrogen-bond acceptors (Lipinski definition) is 4. The Labute approximate surface area is 127 Å². The van der Waals surface area contributed by atoms with Gasteiger partial charge in [0, 0.05) is 36.4 Å². The number of piperidine rings is 1. The number of anilines is 1. The van der Waals surface area contributed by atoms with E-state index in [1.54, 1.807) is 11.3 Å². The van der Waals surface area contributed by atoms with Gasteiger partial charge in [-0.25, -0.2) is 4.98 Å². The fraction of sp³-hybridized carbons (Fsp3) is 0.312. The lowest BCUT2D eigenvalue weighted by Crippen LogP contribution is -2.42. The second-order valence-electron chi connectivity index (χ2n) is 5.60. The van der Waals surface area contributed by atoms with E-state index >= 15 is 0 Å². The summed E-state index contributed by atoms with van der Waals surface area (Å²) in [6.07, 6.45) is 4.16. The van der Waals surface area contributed by atoms with Gasteiger partial charge in [0.25, 0.3) is 0 Å². The molecule has 0 spiro atoms. The number of pyridine rings is 1. The standard InChI is InChI=1S/C16H18N4S/c17-11-3-1-7-20(10-11)14-5-6-18-16-12(14)9-13(19-16)15-4-2-8-21-15/h2,4-6,8-9,11H,1,3,7,10,17H2,(H,18,19). The number of nitrogens with two attached hydrogens (primary N) is 1. The summed E-state index contributed by atoms with van der Waals surface area (Å²) in [5.41, 5.74) is 9.46. The number of aromatic amines is 1. The average Bonchev–Trinajstić information content (AvgIpc) is 3.15. The van der Waals surface area contributed by atoms with E-state index in [4.69, 9.17) is 5.73 Å². The maximum absolute atomic E-state index is 6.13. The molecule has 4 heterocycles. The quantitative estimate of drug-likeness (QED) is 0.763. The van der Waals surface area contributed by atoms with Crippen molar-refractivity contribution < 1.29 is 0 Å². The van der Waals surface area contributed by atoms with Gasteiger partial charge in [-0.1, -0.05) is 6.07 Å². The molecule has 21 heavy (non-hydrogen) atoms. The van der Waals surface area contributed by atoms with Gasteiger partial charge in [-0.3, -0.25) is 0 Å². The molecule has 0 aliphatic carbocycles. The number of fused-ring (bicyclic) bond motifs is 1. The molecule has 1 saturated heterocycles. The highest BCUT2D eigenvalue weighted by Crippen LogP contribution is 2.32. The zero-order valence-corrected chi connectivity index (χ0v) is 12.6. The van der Waals surface area contributed by atoms with E-state index < -0.39 is 0 Å². The highest BCUT2D eigenvalue weighted by atomic mass is 32.1. The Balaban J connectivity index is 1.79. The first kappa shape index (κ1) is 12.9. The molecule has 1 fully saturated rings.